The number of rotatable bonds is 7. The minimum absolute atomic E-state index is 0.139. The number of hydrogen-bond donors (Lipinski definition) is 2. The van der Waals surface area contributed by atoms with Crippen LogP contribution < -0.4 is 14.9 Å². The van der Waals surface area contributed by atoms with E-state index in [4.69, 9.17) is 4.74 Å². The van der Waals surface area contributed by atoms with E-state index < -0.39 is 10.0 Å². The molecule has 4 rings (SSSR count). The van der Waals surface area contributed by atoms with Gasteiger partial charge in [-0.15, -0.1) is 0 Å². The second-order valence-corrected chi connectivity index (χ2v) is 10.1. The first-order chi connectivity index (χ1) is 16.3. The number of nitrogens with one attached hydrogen (secondary N) is 2. The fraction of sp³-hybridized carbons (Fsp3) is 0.269. The highest BCUT2D eigenvalue weighted by Crippen LogP contribution is 2.20. The van der Waals surface area contributed by atoms with Crippen molar-refractivity contribution in [3.8, 4) is 0 Å². The molecule has 0 bridgehead atoms. The van der Waals surface area contributed by atoms with Gasteiger partial charge in [0, 0.05) is 36.6 Å². The Morgan fingerprint density at radius 1 is 0.912 bits per heavy atom. The number of nitrogens with zero attached hydrogens (tertiary/aromatic N) is 1. The lowest BCUT2D eigenvalue weighted by molar-refractivity contribution is 0.102. The van der Waals surface area contributed by atoms with E-state index in [1.165, 1.54) is 0 Å². The Labute approximate surface area is 200 Å². The fourth-order valence-electron chi connectivity index (χ4n) is 3.70. The molecule has 178 valence electrons. The predicted octanol–water partition coefficient (Wildman–Crippen LogP) is 3.87. The third-order valence-electron chi connectivity index (χ3n) is 5.97. The van der Waals surface area contributed by atoms with Crippen LogP contribution in [0.25, 0.3) is 0 Å². The van der Waals surface area contributed by atoms with Crippen LogP contribution in [0.4, 0.5) is 11.4 Å². The van der Waals surface area contributed by atoms with E-state index in [9.17, 15) is 13.2 Å². The van der Waals surface area contributed by atoms with Crippen LogP contribution in [-0.2, 0) is 21.3 Å². The lowest BCUT2D eigenvalue weighted by Crippen LogP contribution is -2.36. The number of aryl methyl sites for hydroxylation is 2. The number of carbonyl (C=O) groups is 1. The molecule has 0 atom stereocenters. The van der Waals surface area contributed by atoms with Gasteiger partial charge in [-0.1, -0.05) is 18.2 Å². The number of benzene rings is 3. The summed E-state index contributed by atoms with van der Waals surface area (Å²) in [6.45, 7) is 7.13. The first kappa shape index (κ1) is 23.9. The Hall–Kier alpha value is -3.20. The van der Waals surface area contributed by atoms with Gasteiger partial charge in [-0.3, -0.25) is 4.79 Å². The smallest absolute Gasteiger partial charge is 0.255 e. The van der Waals surface area contributed by atoms with Gasteiger partial charge in [-0.25, -0.2) is 13.1 Å². The average Bonchev–Trinajstić information content (AvgIpc) is 2.86. The van der Waals surface area contributed by atoms with Crippen molar-refractivity contribution in [3.63, 3.8) is 0 Å². The highest BCUT2D eigenvalue weighted by Gasteiger charge is 2.15. The summed E-state index contributed by atoms with van der Waals surface area (Å²) in [6, 6.07) is 19.7. The lowest BCUT2D eigenvalue weighted by atomic mass is 10.1. The molecule has 34 heavy (non-hydrogen) atoms. The van der Waals surface area contributed by atoms with Crippen molar-refractivity contribution in [2.24, 2.45) is 0 Å². The zero-order chi connectivity index (χ0) is 24.1. The second-order valence-electron chi connectivity index (χ2n) is 8.37. The molecule has 0 aromatic heterocycles. The molecule has 0 unspecified atom stereocenters. The monoisotopic (exact) mass is 479 g/mol. The van der Waals surface area contributed by atoms with Gasteiger partial charge in [0.1, 0.15) is 0 Å². The number of ether oxygens (including phenoxy) is 1. The van der Waals surface area contributed by atoms with Crippen molar-refractivity contribution >= 4 is 27.3 Å². The third kappa shape index (κ3) is 5.83. The molecule has 2 N–H and O–H groups in total. The van der Waals surface area contributed by atoms with Crippen LogP contribution in [0, 0.1) is 13.8 Å². The molecule has 0 aliphatic carbocycles. The number of amides is 1. The van der Waals surface area contributed by atoms with Gasteiger partial charge in [-0.2, -0.15) is 0 Å². The fourth-order valence-corrected chi connectivity index (χ4v) is 4.80. The quantitative estimate of drug-likeness (QED) is 0.537. The van der Waals surface area contributed by atoms with Crippen LogP contribution in [0.1, 0.15) is 27.0 Å². The van der Waals surface area contributed by atoms with Crippen LogP contribution in [-0.4, -0.2) is 40.6 Å². The molecular formula is C26H29N3O4S. The summed E-state index contributed by atoms with van der Waals surface area (Å²) in [5.41, 5.74) is 5.05. The number of carbonyl (C=O) groups excluding carboxylic acids is 1. The van der Waals surface area contributed by atoms with E-state index in [1.807, 2.05) is 38.1 Å². The number of morpholine rings is 1. The first-order valence-electron chi connectivity index (χ1n) is 11.2. The van der Waals surface area contributed by atoms with Crippen LogP contribution in [0.15, 0.2) is 71.6 Å². The van der Waals surface area contributed by atoms with Gasteiger partial charge in [0.05, 0.1) is 18.1 Å². The molecule has 1 amide bonds. The highest BCUT2D eigenvalue weighted by atomic mass is 32.2. The van der Waals surface area contributed by atoms with E-state index in [1.54, 1.807) is 42.5 Å². The van der Waals surface area contributed by atoms with Crippen molar-refractivity contribution in [2.75, 3.05) is 36.5 Å². The second kappa shape index (κ2) is 10.4. The minimum Gasteiger partial charge on any atom is -0.378 e. The first-order valence-corrected chi connectivity index (χ1v) is 12.7. The molecule has 8 heteroatoms. The summed E-state index contributed by atoms with van der Waals surface area (Å²) in [5.74, 6) is -0.221. The Kier molecular flexibility index (Phi) is 7.31. The van der Waals surface area contributed by atoms with Gasteiger partial charge >= 0.3 is 0 Å². The summed E-state index contributed by atoms with van der Waals surface area (Å²) in [4.78, 5) is 15.1. The molecule has 0 saturated carbocycles. The SMILES string of the molecule is Cc1ccc(S(=O)(=O)NCc2ccc(C(=O)Nc3ccc(N4CCOCC4)cc3)cc2)cc1C. The van der Waals surface area contributed by atoms with E-state index in [0.717, 1.165) is 48.7 Å². The Morgan fingerprint density at radius 2 is 1.59 bits per heavy atom. The average molecular weight is 480 g/mol. The molecule has 1 fully saturated rings. The Bertz CT molecular complexity index is 1250. The van der Waals surface area contributed by atoms with Crippen molar-refractivity contribution < 1.29 is 17.9 Å². The van der Waals surface area contributed by atoms with Crippen molar-refractivity contribution in [2.45, 2.75) is 25.3 Å². The standard InChI is InChI=1S/C26H29N3O4S/c1-19-3-12-25(17-20(19)2)34(31,32)27-18-21-4-6-22(7-5-21)26(30)28-23-8-10-24(11-9-23)29-13-15-33-16-14-29/h3-12,17,27H,13-16,18H2,1-2H3,(H,28,30). The van der Waals surface area contributed by atoms with Crippen LogP contribution in [0.3, 0.4) is 0 Å². The normalized spacial score (nSPS) is 14.1. The Morgan fingerprint density at radius 3 is 2.24 bits per heavy atom. The van der Waals surface area contributed by atoms with Gasteiger partial charge in [0.15, 0.2) is 0 Å². The van der Waals surface area contributed by atoms with Crippen LogP contribution in [0.5, 0.6) is 0 Å². The van der Waals surface area contributed by atoms with Gasteiger partial charge in [0.2, 0.25) is 10.0 Å². The molecule has 1 heterocycles. The van der Waals surface area contributed by atoms with E-state index >= 15 is 0 Å². The van der Waals surface area contributed by atoms with Crippen molar-refractivity contribution in [1.29, 1.82) is 0 Å². The van der Waals surface area contributed by atoms with Gasteiger partial charge in [0.25, 0.3) is 5.91 Å². The van der Waals surface area contributed by atoms with Gasteiger partial charge in [-0.05, 0) is 79.1 Å². The Balaban J connectivity index is 1.33. The maximum absolute atomic E-state index is 12.6. The highest BCUT2D eigenvalue weighted by molar-refractivity contribution is 7.89. The molecule has 3 aromatic rings. The molecule has 0 radical (unpaired) electrons. The van der Waals surface area contributed by atoms with Crippen LogP contribution >= 0.6 is 0 Å². The van der Waals surface area contributed by atoms with Crippen molar-refractivity contribution in [3.05, 3.63) is 89.0 Å². The molecule has 1 aliphatic heterocycles. The largest absolute Gasteiger partial charge is 0.378 e. The number of anilines is 2. The maximum atomic E-state index is 12.6. The van der Waals surface area contributed by atoms with E-state index in [-0.39, 0.29) is 17.3 Å². The summed E-state index contributed by atoms with van der Waals surface area (Å²) in [5, 5.41) is 2.90. The summed E-state index contributed by atoms with van der Waals surface area (Å²) in [6.07, 6.45) is 0. The zero-order valence-electron chi connectivity index (χ0n) is 19.4. The molecule has 1 aliphatic rings. The molecule has 0 spiro atoms. The van der Waals surface area contributed by atoms with Gasteiger partial charge < -0.3 is 15.0 Å². The zero-order valence-corrected chi connectivity index (χ0v) is 20.2. The molecule has 3 aromatic carbocycles. The van der Waals surface area contributed by atoms with E-state index in [2.05, 4.69) is 14.9 Å². The predicted molar refractivity (Wildman–Crippen MR) is 134 cm³/mol. The molecule has 7 nitrogen and oxygen atoms in total. The number of sulfonamides is 1. The lowest BCUT2D eigenvalue weighted by Gasteiger charge is -2.28. The number of hydrogen-bond acceptors (Lipinski definition) is 5. The minimum atomic E-state index is -3.62. The summed E-state index contributed by atoms with van der Waals surface area (Å²) < 4.78 is 33.2. The summed E-state index contributed by atoms with van der Waals surface area (Å²) >= 11 is 0. The topological polar surface area (TPSA) is 87.7 Å². The van der Waals surface area contributed by atoms with Crippen molar-refractivity contribution in [1.82, 2.24) is 4.72 Å². The van der Waals surface area contributed by atoms with Crippen LogP contribution in [0.2, 0.25) is 0 Å². The summed E-state index contributed by atoms with van der Waals surface area (Å²) in [7, 11) is -3.62. The maximum Gasteiger partial charge on any atom is 0.255 e. The molecular weight excluding hydrogens is 450 g/mol. The third-order valence-corrected chi connectivity index (χ3v) is 7.37. The molecule has 1 saturated heterocycles. The van der Waals surface area contributed by atoms with E-state index in [0.29, 0.717) is 11.3 Å².